The number of ketones is 1. The fourth-order valence-corrected chi connectivity index (χ4v) is 3.85. The molecule has 0 atom stereocenters. The standard InChI is InChI=1S/C21H15FN2O2S/c1-12-9-16(13(2)25)17-11-19(14-3-5-15(22)6-4-14)24(20(26)18(17)10-12)21-23-7-8-27-21/h3-11H,1-2H3. The monoisotopic (exact) mass is 378 g/mol. The summed E-state index contributed by atoms with van der Waals surface area (Å²) in [6.07, 6.45) is 1.63. The lowest BCUT2D eigenvalue weighted by Crippen LogP contribution is -2.21. The first-order chi connectivity index (χ1) is 13.0. The zero-order valence-corrected chi connectivity index (χ0v) is 15.5. The van der Waals surface area contributed by atoms with Crippen molar-refractivity contribution in [2.24, 2.45) is 0 Å². The van der Waals surface area contributed by atoms with E-state index >= 15 is 0 Å². The number of benzene rings is 2. The summed E-state index contributed by atoms with van der Waals surface area (Å²) in [6.45, 7) is 3.34. The zero-order chi connectivity index (χ0) is 19.1. The summed E-state index contributed by atoms with van der Waals surface area (Å²) in [4.78, 5) is 29.8. The van der Waals surface area contributed by atoms with Crippen LogP contribution in [0.5, 0.6) is 0 Å². The molecule has 0 aliphatic carbocycles. The first-order valence-electron chi connectivity index (χ1n) is 8.33. The van der Waals surface area contributed by atoms with Crippen LogP contribution in [0.2, 0.25) is 0 Å². The van der Waals surface area contributed by atoms with Crippen molar-refractivity contribution < 1.29 is 9.18 Å². The smallest absolute Gasteiger partial charge is 0.265 e. The zero-order valence-electron chi connectivity index (χ0n) is 14.7. The van der Waals surface area contributed by atoms with Crippen LogP contribution in [-0.2, 0) is 0 Å². The first kappa shape index (κ1) is 17.3. The van der Waals surface area contributed by atoms with Gasteiger partial charge in [0.25, 0.3) is 5.56 Å². The molecule has 0 spiro atoms. The minimum absolute atomic E-state index is 0.111. The van der Waals surface area contributed by atoms with E-state index in [-0.39, 0.29) is 17.2 Å². The van der Waals surface area contributed by atoms with Gasteiger partial charge < -0.3 is 0 Å². The predicted molar refractivity (Wildman–Crippen MR) is 105 cm³/mol. The van der Waals surface area contributed by atoms with E-state index in [1.54, 1.807) is 35.8 Å². The Morgan fingerprint density at radius 3 is 2.48 bits per heavy atom. The number of carbonyl (C=O) groups excluding carboxylic acids is 1. The van der Waals surface area contributed by atoms with Crippen molar-refractivity contribution in [1.82, 2.24) is 9.55 Å². The summed E-state index contributed by atoms with van der Waals surface area (Å²) < 4.78 is 14.9. The minimum atomic E-state index is -0.359. The third-order valence-electron chi connectivity index (χ3n) is 4.41. The Hall–Kier alpha value is -3.12. The number of hydrogen-bond acceptors (Lipinski definition) is 4. The van der Waals surface area contributed by atoms with Gasteiger partial charge >= 0.3 is 0 Å². The quantitative estimate of drug-likeness (QED) is 0.483. The first-order valence-corrected chi connectivity index (χ1v) is 9.21. The summed E-state index contributed by atoms with van der Waals surface area (Å²) in [5, 5.41) is 3.36. The molecule has 2 heterocycles. The molecule has 4 nitrogen and oxygen atoms in total. The maximum Gasteiger partial charge on any atom is 0.265 e. The van der Waals surface area contributed by atoms with E-state index in [4.69, 9.17) is 0 Å². The maximum atomic E-state index is 13.4. The number of hydrogen-bond donors (Lipinski definition) is 0. The molecule has 0 aliphatic rings. The molecule has 0 unspecified atom stereocenters. The number of thiazole rings is 1. The van der Waals surface area contributed by atoms with Gasteiger partial charge in [-0.15, -0.1) is 11.3 Å². The van der Waals surface area contributed by atoms with Crippen LogP contribution in [0.25, 0.3) is 27.2 Å². The highest BCUT2D eigenvalue weighted by molar-refractivity contribution is 7.12. The second-order valence-electron chi connectivity index (χ2n) is 6.32. The number of nitrogens with zero attached hydrogens (tertiary/aromatic N) is 2. The molecule has 27 heavy (non-hydrogen) atoms. The SMILES string of the molecule is CC(=O)c1cc(C)cc2c(=O)n(-c3nccs3)c(-c3ccc(F)cc3)cc12. The van der Waals surface area contributed by atoms with E-state index < -0.39 is 0 Å². The van der Waals surface area contributed by atoms with Gasteiger partial charge in [0.2, 0.25) is 0 Å². The van der Waals surface area contributed by atoms with Crippen molar-refractivity contribution in [2.45, 2.75) is 13.8 Å². The third-order valence-corrected chi connectivity index (χ3v) is 5.17. The molecular formula is C21H15FN2O2S. The van der Waals surface area contributed by atoms with Crippen LogP contribution in [0.15, 0.2) is 58.8 Å². The molecule has 0 bridgehead atoms. The highest BCUT2D eigenvalue weighted by atomic mass is 32.1. The Morgan fingerprint density at radius 2 is 1.85 bits per heavy atom. The summed E-state index contributed by atoms with van der Waals surface area (Å²) >= 11 is 1.34. The average Bonchev–Trinajstić information content (AvgIpc) is 3.16. The molecule has 0 fully saturated rings. The number of aryl methyl sites for hydroxylation is 1. The normalized spacial score (nSPS) is 11.1. The number of rotatable bonds is 3. The highest BCUT2D eigenvalue weighted by Gasteiger charge is 2.18. The van der Waals surface area contributed by atoms with E-state index in [9.17, 15) is 14.0 Å². The molecule has 2 aromatic heterocycles. The summed E-state index contributed by atoms with van der Waals surface area (Å²) in [5.74, 6) is -0.470. The molecule has 0 radical (unpaired) electrons. The number of pyridine rings is 1. The van der Waals surface area contributed by atoms with Gasteiger partial charge in [0.05, 0.1) is 5.69 Å². The largest absolute Gasteiger partial charge is 0.294 e. The molecule has 4 rings (SSSR count). The average molecular weight is 378 g/mol. The summed E-state index contributed by atoms with van der Waals surface area (Å²) in [5.41, 5.74) is 2.31. The Kier molecular flexibility index (Phi) is 4.20. The predicted octanol–water partition coefficient (Wildman–Crippen LogP) is 4.76. The second-order valence-corrected chi connectivity index (χ2v) is 7.19. The van der Waals surface area contributed by atoms with Crippen molar-refractivity contribution in [3.05, 3.63) is 81.3 Å². The van der Waals surface area contributed by atoms with Crippen LogP contribution in [-0.4, -0.2) is 15.3 Å². The summed E-state index contributed by atoms with van der Waals surface area (Å²) in [6, 6.07) is 11.3. The highest BCUT2D eigenvalue weighted by Crippen LogP contribution is 2.28. The van der Waals surface area contributed by atoms with E-state index in [2.05, 4.69) is 4.98 Å². The van der Waals surface area contributed by atoms with Gasteiger partial charge in [0.15, 0.2) is 10.9 Å². The number of aromatic nitrogens is 2. The molecule has 134 valence electrons. The van der Waals surface area contributed by atoms with Crippen molar-refractivity contribution in [3.63, 3.8) is 0 Å². The topological polar surface area (TPSA) is 52.0 Å². The Morgan fingerprint density at radius 1 is 1.11 bits per heavy atom. The second kappa shape index (κ2) is 6.55. The van der Waals surface area contributed by atoms with Crippen LogP contribution in [0.1, 0.15) is 22.8 Å². The lowest BCUT2D eigenvalue weighted by atomic mass is 9.98. The lowest BCUT2D eigenvalue weighted by molar-refractivity contribution is 0.101. The molecule has 0 aliphatic heterocycles. The van der Waals surface area contributed by atoms with Crippen molar-refractivity contribution in [3.8, 4) is 16.4 Å². The van der Waals surface area contributed by atoms with E-state index in [0.717, 1.165) is 5.56 Å². The van der Waals surface area contributed by atoms with E-state index in [1.165, 1.54) is 35.0 Å². The molecular weight excluding hydrogens is 363 g/mol. The van der Waals surface area contributed by atoms with Crippen LogP contribution >= 0.6 is 11.3 Å². The van der Waals surface area contributed by atoms with Gasteiger partial charge in [0.1, 0.15) is 5.82 Å². The van der Waals surface area contributed by atoms with Crippen LogP contribution in [0, 0.1) is 12.7 Å². The number of halogens is 1. The molecule has 0 N–H and O–H groups in total. The molecule has 6 heteroatoms. The van der Waals surface area contributed by atoms with Crippen LogP contribution in [0.4, 0.5) is 4.39 Å². The molecule has 0 saturated heterocycles. The summed E-state index contributed by atoms with van der Waals surface area (Å²) in [7, 11) is 0. The maximum absolute atomic E-state index is 13.4. The van der Waals surface area contributed by atoms with Gasteiger partial charge in [-0.05, 0) is 67.4 Å². The van der Waals surface area contributed by atoms with Crippen molar-refractivity contribution in [2.75, 3.05) is 0 Å². The van der Waals surface area contributed by atoms with Gasteiger partial charge in [-0.1, -0.05) is 0 Å². The fourth-order valence-electron chi connectivity index (χ4n) is 3.20. The van der Waals surface area contributed by atoms with Crippen molar-refractivity contribution in [1.29, 1.82) is 0 Å². The molecule has 0 saturated carbocycles. The van der Waals surface area contributed by atoms with Gasteiger partial charge in [-0.2, -0.15) is 0 Å². The van der Waals surface area contributed by atoms with Crippen LogP contribution in [0.3, 0.4) is 0 Å². The lowest BCUT2D eigenvalue weighted by Gasteiger charge is -2.14. The molecule has 0 amide bonds. The number of fused-ring (bicyclic) bond motifs is 1. The Bertz CT molecular complexity index is 1230. The number of Topliss-reactive ketones (excluding diaryl/α,β-unsaturated/α-hetero) is 1. The van der Waals surface area contributed by atoms with Gasteiger partial charge in [-0.3, -0.25) is 14.2 Å². The number of carbonyl (C=O) groups is 1. The third kappa shape index (κ3) is 2.98. The van der Waals surface area contributed by atoms with Gasteiger partial charge in [-0.25, -0.2) is 9.37 Å². The van der Waals surface area contributed by atoms with E-state index in [1.807, 2.05) is 13.0 Å². The Balaban J connectivity index is 2.17. The van der Waals surface area contributed by atoms with E-state index in [0.29, 0.717) is 32.7 Å². The molecule has 4 aromatic rings. The minimum Gasteiger partial charge on any atom is -0.294 e. The Labute approximate surface area is 158 Å². The van der Waals surface area contributed by atoms with Crippen molar-refractivity contribution >= 4 is 27.9 Å². The van der Waals surface area contributed by atoms with Gasteiger partial charge in [0, 0.05) is 27.9 Å². The fraction of sp³-hybridized carbons (Fsp3) is 0.0952. The molecule has 2 aromatic carbocycles. The van der Waals surface area contributed by atoms with Crippen LogP contribution < -0.4 is 5.56 Å².